The van der Waals surface area contributed by atoms with E-state index in [9.17, 15) is 9.36 Å². The molecule has 0 N–H and O–H groups in total. The highest BCUT2D eigenvalue weighted by Gasteiger charge is 2.36. The van der Waals surface area contributed by atoms with Gasteiger partial charge < -0.3 is 13.8 Å². The fourth-order valence-corrected chi connectivity index (χ4v) is 4.27. The van der Waals surface area contributed by atoms with E-state index in [4.69, 9.17) is 13.8 Å². The first-order chi connectivity index (χ1) is 9.99. The number of hydrogen-bond donors (Lipinski definition) is 0. The Balaban J connectivity index is 2.19. The van der Waals surface area contributed by atoms with Gasteiger partial charge in [0.15, 0.2) is 5.78 Å². The Morgan fingerprint density at radius 3 is 2.57 bits per heavy atom. The number of benzene rings is 1. The summed E-state index contributed by atoms with van der Waals surface area (Å²) in [6, 6.07) is 5.50. The molecule has 0 saturated heterocycles. The highest BCUT2D eigenvalue weighted by Crippen LogP contribution is 2.50. The summed E-state index contributed by atoms with van der Waals surface area (Å²) in [6.45, 7) is 6.21. The number of carbonyl (C=O) groups is 1. The van der Waals surface area contributed by atoms with Gasteiger partial charge in [0.05, 0.1) is 37.5 Å². The van der Waals surface area contributed by atoms with Crippen molar-refractivity contribution in [1.29, 1.82) is 0 Å². The summed E-state index contributed by atoms with van der Waals surface area (Å²) in [4.78, 5) is 12.5. The Labute approximate surface area is 125 Å². The van der Waals surface area contributed by atoms with Gasteiger partial charge in [-0.3, -0.25) is 9.36 Å². The minimum absolute atomic E-state index is 0.0559. The predicted molar refractivity (Wildman–Crippen MR) is 80.2 cm³/mol. The third-order valence-electron chi connectivity index (χ3n) is 3.31. The van der Waals surface area contributed by atoms with Gasteiger partial charge in [-0.25, -0.2) is 0 Å². The number of aryl methyl sites for hydroxylation is 1. The lowest BCUT2D eigenvalue weighted by Crippen LogP contribution is -2.31. The third kappa shape index (κ3) is 3.73. The molecule has 1 heterocycles. The molecule has 0 radical (unpaired) electrons. The van der Waals surface area contributed by atoms with Gasteiger partial charge >= 0.3 is 7.60 Å². The normalized spacial score (nSPS) is 18.2. The molecule has 21 heavy (non-hydrogen) atoms. The van der Waals surface area contributed by atoms with Gasteiger partial charge in [-0.2, -0.15) is 0 Å². The standard InChI is InChI=1S/C15H21O5P/c1-4-19-21(17,20-5-2)10-12-9-18-14-7-6-11(3)8-13(14)15(12)16/h6-8,12H,4-5,9-10H2,1-3H3. The van der Waals surface area contributed by atoms with Crippen molar-refractivity contribution in [3.63, 3.8) is 0 Å². The van der Waals surface area contributed by atoms with Crippen molar-refractivity contribution in [2.45, 2.75) is 20.8 Å². The molecule has 1 atom stereocenters. The van der Waals surface area contributed by atoms with Crippen molar-refractivity contribution in [2.75, 3.05) is 26.0 Å². The summed E-state index contributed by atoms with van der Waals surface area (Å²) in [5.41, 5.74) is 1.54. The molecular formula is C15H21O5P. The molecule has 0 bridgehead atoms. The van der Waals surface area contributed by atoms with Crippen LogP contribution >= 0.6 is 7.60 Å². The third-order valence-corrected chi connectivity index (χ3v) is 5.50. The maximum atomic E-state index is 12.6. The van der Waals surface area contributed by atoms with Crippen LogP contribution in [0.5, 0.6) is 5.75 Å². The van der Waals surface area contributed by atoms with Gasteiger partial charge in [0.2, 0.25) is 0 Å². The van der Waals surface area contributed by atoms with Crippen molar-refractivity contribution in [2.24, 2.45) is 5.92 Å². The van der Waals surface area contributed by atoms with E-state index in [1.165, 1.54) is 0 Å². The molecule has 1 aromatic carbocycles. The molecule has 1 unspecified atom stereocenters. The molecule has 0 aliphatic carbocycles. The van der Waals surface area contributed by atoms with Crippen molar-refractivity contribution in [3.8, 4) is 5.75 Å². The first-order valence-corrected chi connectivity index (χ1v) is 8.87. The number of fused-ring (bicyclic) bond motifs is 1. The molecule has 0 aromatic heterocycles. The Kier molecular flexibility index (Phi) is 5.20. The predicted octanol–water partition coefficient (Wildman–Crippen LogP) is 3.45. The second kappa shape index (κ2) is 6.73. The van der Waals surface area contributed by atoms with Crippen LogP contribution in [0, 0.1) is 12.8 Å². The smallest absolute Gasteiger partial charge is 0.331 e. The molecule has 0 saturated carbocycles. The molecule has 1 aromatic rings. The summed E-state index contributed by atoms with van der Waals surface area (Å²) in [6.07, 6.45) is 0.0564. The Bertz CT molecular complexity index is 559. The summed E-state index contributed by atoms with van der Waals surface area (Å²) in [7, 11) is -3.25. The zero-order valence-electron chi connectivity index (χ0n) is 12.6. The summed E-state index contributed by atoms with van der Waals surface area (Å²) in [5, 5.41) is 0. The summed E-state index contributed by atoms with van der Waals surface area (Å²) >= 11 is 0. The lowest BCUT2D eigenvalue weighted by atomic mass is 9.95. The lowest BCUT2D eigenvalue weighted by molar-refractivity contribution is 0.0839. The van der Waals surface area contributed by atoms with Gasteiger partial charge in [-0.1, -0.05) is 11.6 Å². The highest BCUT2D eigenvalue weighted by atomic mass is 31.2. The zero-order chi connectivity index (χ0) is 15.5. The minimum Gasteiger partial charge on any atom is -0.492 e. The Hall–Kier alpha value is -1.16. The molecule has 1 aliphatic heterocycles. The average molecular weight is 312 g/mol. The monoisotopic (exact) mass is 312 g/mol. The van der Waals surface area contributed by atoms with Crippen LogP contribution in [-0.2, 0) is 13.6 Å². The van der Waals surface area contributed by atoms with E-state index in [0.717, 1.165) is 5.56 Å². The van der Waals surface area contributed by atoms with Crippen LogP contribution in [0.4, 0.5) is 0 Å². The van der Waals surface area contributed by atoms with Crippen LogP contribution in [0.25, 0.3) is 0 Å². The molecular weight excluding hydrogens is 291 g/mol. The van der Waals surface area contributed by atoms with Crippen molar-refractivity contribution >= 4 is 13.4 Å². The van der Waals surface area contributed by atoms with Crippen LogP contribution in [-0.4, -0.2) is 31.8 Å². The summed E-state index contributed by atoms with van der Waals surface area (Å²) in [5.74, 6) is 0.0346. The van der Waals surface area contributed by atoms with Crippen LogP contribution < -0.4 is 4.74 Å². The quantitative estimate of drug-likeness (QED) is 0.753. The van der Waals surface area contributed by atoms with E-state index < -0.39 is 13.5 Å². The van der Waals surface area contributed by atoms with Gasteiger partial charge in [0.1, 0.15) is 5.75 Å². The number of Topliss-reactive ketones (excluding diaryl/α,β-unsaturated/α-hetero) is 1. The van der Waals surface area contributed by atoms with Crippen molar-refractivity contribution in [3.05, 3.63) is 29.3 Å². The number of ether oxygens (including phenoxy) is 1. The van der Waals surface area contributed by atoms with E-state index in [2.05, 4.69) is 0 Å². The Morgan fingerprint density at radius 1 is 1.29 bits per heavy atom. The molecule has 116 valence electrons. The molecule has 2 rings (SSSR count). The van der Waals surface area contributed by atoms with Crippen LogP contribution in [0.1, 0.15) is 29.8 Å². The maximum Gasteiger partial charge on any atom is 0.331 e. The topological polar surface area (TPSA) is 61.8 Å². The van der Waals surface area contributed by atoms with Crippen molar-refractivity contribution < 1.29 is 23.1 Å². The molecule has 0 amide bonds. The SMILES string of the molecule is CCOP(=O)(CC1COc2ccc(C)cc2C1=O)OCC. The number of rotatable bonds is 6. The fraction of sp³-hybridized carbons (Fsp3) is 0.533. The van der Waals surface area contributed by atoms with Crippen LogP contribution in [0.3, 0.4) is 0 Å². The molecule has 6 heteroatoms. The van der Waals surface area contributed by atoms with E-state index in [-0.39, 0.29) is 31.8 Å². The van der Waals surface area contributed by atoms with Gasteiger partial charge in [-0.15, -0.1) is 0 Å². The maximum absolute atomic E-state index is 12.6. The minimum atomic E-state index is -3.25. The first kappa shape index (κ1) is 16.2. The summed E-state index contributed by atoms with van der Waals surface area (Å²) < 4.78 is 28.7. The van der Waals surface area contributed by atoms with E-state index in [1.54, 1.807) is 26.0 Å². The Morgan fingerprint density at radius 2 is 1.95 bits per heavy atom. The van der Waals surface area contributed by atoms with Gasteiger partial charge in [0, 0.05) is 0 Å². The second-order valence-corrected chi connectivity index (χ2v) is 7.10. The molecule has 0 fully saturated rings. The van der Waals surface area contributed by atoms with Crippen molar-refractivity contribution in [1.82, 2.24) is 0 Å². The van der Waals surface area contributed by atoms with E-state index >= 15 is 0 Å². The van der Waals surface area contributed by atoms with Gasteiger partial charge in [-0.05, 0) is 32.9 Å². The zero-order valence-corrected chi connectivity index (χ0v) is 13.5. The number of ketones is 1. The average Bonchev–Trinajstić information content (AvgIpc) is 2.43. The van der Waals surface area contributed by atoms with E-state index in [0.29, 0.717) is 11.3 Å². The molecule has 0 spiro atoms. The number of hydrogen-bond acceptors (Lipinski definition) is 5. The molecule has 5 nitrogen and oxygen atoms in total. The highest BCUT2D eigenvalue weighted by molar-refractivity contribution is 7.53. The van der Waals surface area contributed by atoms with Gasteiger partial charge in [0.25, 0.3) is 0 Å². The number of carbonyl (C=O) groups excluding carboxylic acids is 1. The largest absolute Gasteiger partial charge is 0.492 e. The van der Waals surface area contributed by atoms with Crippen LogP contribution in [0.15, 0.2) is 18.2 Å². The first-order valence-electron chi connectivity index (χ1n) is 7.15. The fourth-order valence-electron chi connectivity index (χ4n) is 2.39. The second-order valence-electron chi connectivity index (χ2n) is 5.00. The molecule has 1 aliphatic rings. The van der Waals surface area contributed by atoms with Crippen LogP contribution in [0.2, 0.25) is 0 Å². The van der Waals surface area contributed by atoms with E-state index in [1.807, 2.05) is 13.0 Å². The lowest BCUT2D eigenvalue weighted by Gasteiger charge is -2.27.